The molecule has 7 heteroatoms. The molecule has 0 radical (unpaired) electrons. The zero-order chi connectivity index (χ0) is 18.1. The standard InChI is InChI=1S/C20H38N6O/c1-2-11-23(12-3-1)20(24-13-4-5-14-24)19(22-9-6-10-22)27-18-17-26(20)25-15-7-21-8-16-25/h19,21H,1-18H2. The molecule has 0 amide bonds. The Morgan fingerprint density at radius 3 is 1.89 bits per heavy atom. The van der Waals surface area contributed by atoms with Crippen LogP contribution >= 0.6 is 0 Å². The highest BCUT2D eigenvalue weighted by molar-refractivity contribution is 5.02. The van der Waals surface area contributed by atoms with Crippen molar-refractivity contribution in [1.82, 2.24) is 30.0 Å². The summed E-state index contributed by atoms with van der Waals surface area (Å²) in [7, 11) is 0. The quantitative estimate of drug-likeness (QED) is 0.759. The van der Waals surface area contributed by atoms with Crippen LogP contribution in [0.4, 0.5) is 0 Å². The van der Waals surface area contributed by atoms with E-state index in [9.17, 15) is 0 Å². The van der Waals surface area contributed by atoms with E-state index in [2.05, 4.69) is 30.0 Å². The lowest BCUT2D eigenvalue weighted by Crippen LogP contribution is -2.84. The van der Waals surface area contributed by atoms with Crippen molar-refractivity contribution in [2.75, 3.05) is 78.6 Å². The molecule has 5 heterocycles. The van der Waals surface area contributed by atoms with Crippen molar-refractivity contribution in [3.63, 3.8) is 0 Å². The SMILES string of the molecule is C1CCN(C2(N3CCCC3)C(N3CCC3)OCCN2N2CCNCC2)CC1. The molecule has 0 aromatic rings. The van der Waals surface area contributed by atoms with E-state index >= 15 is 0 Å². The summed E-state index contributed by atoms with van der Waals surface area (Å²) in [5, 5.41) is 8.99. The molecule has 5 aliphatic heterocycles. The molecule has 0 aromatic carbocycles. The molecule has 0 spiro atoms. The van der Waals surface area contributed by atoms with Crippen molar-refractivity contribution >= 4 is 0 Å². The van der Waals surface area contributed by atoms with Crippen LogP contribution in [0.25, 0.3) is 0 Å². The Morgan fingerprint density at radius 1 is 0.667 bits per heavy atom. The van der Waals surface area contributed by atoms with Gasteiger partial charge in [-0.1, -0.05) is 6.42 Å². The van der Waals surface area contributed by atoms with Crippen molar-refractivity contribution in [3.05, 3.63) is 0 Å². The number of rotatable bonds is 4. The van der Waals surface area contributed by atoms with Gasteiger partial charge in [-0.05, 0) is 32.1 Å². The predicted octanol–water partition coefficient (Wildman–Crippen LogP) is 0.406. The topological polar surface area (TPSA) is 37.5 Å². The van der Waals surface area contributed by atoms with Crippen LogP contribution in [-0.4, -0.2) is 115 Å². The largest absolute Gasteiger partial charge is 0.357 e. The minimum absolute atomic E-state index is 0.104. The van der Waals surface area contributed by atoms with Crippen molar-refractivity contribution in [2.24, 2.45) is 0 Å². The van der Waals surface area contributed by atoms with Crippen LogP contribution in [0, 0.1) is 0 Å². The van der Waals surface area contributed by atoms with Crippen LogP contribution in [0.1, 0.15) is 38.5 Å². The number of piperazine rings is 1. The first kappa shape index (κ1) is 18.7. The van der Waals surface area contributed by atoms with E-state index < -0.39 is 0 Å². The second-order valence-corrected chi connectivity index (χ2v) is 8.87. The summed E-state index contributed by atoms with van der Waals surface area (Å²) in [5.41, 5.74) is 0. The van der Waals surface area contributed by atoms with Gasteiger partial charge in [-0.15, -0.1) is 0 Å². The van der Waals surface area contributed by atoms with Crippen molar-refractivity contribution < 1.29 is 4.74 Å². The molecule has 0 aromatic heterocycles. The molecular weight excluding hydrogens is 340 g/mol. The second-order valence-electron chi connectivity index (χ2n) is 8.87. The van der Waals surface area contributed by atoms with E-state index in [1.165, 1.54) is 77.8 Å². The fraction of sp³-hybridized carbons (Fsp3) is 1.00. The highest BCUT2D eigenvalue weighted by Gasteiger charge is 2.60. The lowest BCUT2D eigenvalue weighted by Gasteiger charge is -2.65. The molecule has 154 valence electrons. The van der Waals surface area contributed by atoms with Crippen LogP contribution < -0.4 is 5.32 Å². The van der Waals surface area contributed by atoms with E-state index in [1.807, 2.05) is 0 Å². The average Bonchev–Trinajstić information content (AvgIpc) is 3.23. The normalized spacial score (nSPS) is 38.9. The molecule has 5 fully saturated rings. The predicted molar refractivity (Wildman–Crippen MR) is 106 cm³/mol. The van der Waals surface area contributed by atoms with Crippen molar-refractivity contribution in [2.45, 2.75) is 50.5 Å². The molecule has 0 aliphatic carbocycles. The number of ether oxygens (including phenoxy) is 1. The Balaban J connectivity index is 1.55. The van der Waals surface area contributed by atoms with Crippen LogP contribution in [0.3, 0.4) is 0 Å². The molecule has 2 atom stereocenters. The number of nitrogens with zero attached hydrogens (tertiary/aromatic N) is 5. The number of nitrogens with one attached hydrogen (secondary N) is 1. The molecule has 7 nitrogen and oxygen atoms in total. The number of likely N-dealkylation sites (tertiary alicyclic amines) is 3. The maximum atomic E-state index is 6.64. The second kappa shape index (κ2) is 8.22. The molecule has 27 heavy (non-hydrogen) atoms. The summed E-state index contributed by atoms with van der Waals surface area (Å²) in [6.07, 6.45) is 8.22. The van der Waals surface area contributed by atoms with Crippen molar-refractivity contribution in [3.8, 4) is 0 Å². The van der Waals surface area contributed by atoms with Crippen LogP contribution in [-0.2, 0) is 4.74 Å². The van der Waals surface area contributed by atoms with Crippen LogP contribution in [0.15, 0.2) is 0 Å². The molecule has 0 saturated carbocycles. The van der Waals surface area contributed by atoms with E-state index in [1.54, 1.807) is 0 Å². The minimum Gasteiger partial charge on any atom is -0.357 e. The maximum absolute atomic E-state index is 6.64. The van der Waals surface area contributed by atoms with Gasteiger partial charge in [-0.3, -0.25) is 14.7 Å². The number of hydrazine groups is 1. The Kier molecular flexibility index (Phi) is 5.70. The molecular formula is C20H38N6O. The van der Waals surface area contributed by atoms with Gasteiger partial charge in [-0.2, -0.15) is 0 Å². The van der Waals surface area contributed by atoms with E-state index in [0.717, 1.165) is 39.3 Å². The smallest absolute Gasteiger partial charge is 0.185 e. The highest BCUT2D eigenvalue weighted by atomic mass is 16.5. The number of hydrogen-bond acceptors (Lipinski definition) is 7. The van der Waals surface area contributed by atoms with Gasteiger partial charge >= 0.3 is 0 Å². The van der Waals surface area contributed by atoms with Crippen molar-refractivity contribution in [1.29, 1.82) is 0 Å². The molecule has 5 aliphatic rings. The summed E-state index contributed by atoms with van der Waals surface area (Å²) in [6, 6.07) is 0. The van der Waals surface area contributed by atoms with Gasteiger partial charge in [0.1, 0.15) is 0 Å². The van der Waals surface area contributed by atoms with E-state index in [-0.39, 0.29) is 12.0 Å². The van der Waals surface area contributed by atoms with Crippen LogP contribution in [0.5, 0.6) is 0 Å². The summed E-state index contributed by atoms with van der Waals surface area (Å²) in [6.45, 7) is 13.6. The Labute approximate surface area is 164 Å². The van der Waals surface area contributed by atoms with Gasteiger partial charge in [0, 0.05) is 72.0 Å². The molecule has 5 saturated heterocycles. The minimum atomic E-state index is -0.104. The fourth-order valence-electron chi connectivity index (χ4n) is 5.93. The zero-order valence-corrected chi connectivity index (χ0v) is 16.9. The first-order chi connectivity index (χ1) is 13.4. The van der Waals surface area contributed by atoms with Gasteiger partial charge in [0.2, 0.25) is 0 Å². The molecule has 0 bridgehead atoms. The van der Waals surface area contributed by atoms with E-state index in [4.69, 9.17) is 4.74 Å². The lowest BCUT2D eigenvalue weighted by atomic mass is 10.0. The number of piperidine rings is 1. The third-order valence-electron chi connectivity index (χ3n) is 7.34. The van der Waals surface area contributed by atoms with Gasteiger partial charge in [-0.25, -0.2) is 10.0 Å². The maximum Gasteiger partial charge on any atom is 0.185 e. The number of hydrogen-bond donors (Lipinski definition) is 1. The summed E-state index contributed by atoms with van der Waals surface area (Å²) in [5.74, 6) is -0.104. The summed E-state index contributed by atoms with van der Waals surface area (Å²) >= 11 is 0. The fourth-order valence-corrected chi connectivity index (χ4v) is 5.93. The van der Waals surface area contributed by atoms with Gasteiger partial charge < -0.3 is 10.1 Å². The monoisotopic (exact) mass is 378 g/mol. The van der Waals surface area contributed by atoms with Gasteiger partial charge in [0.15, 0.2) is 12.0 Å². The molecule has 1 N–H and O–H groups in total. The lowest BCUT2D eigenvalue weighted by molar-refractivity contribution is -0.355. The van der Waals surface area contributed by atoms with Gasteiger partial charge in [0.25, 0.3) is 0 Å². The van der Waals surface area contributed by atoms with E-state index in [0.29, 0.717) is 0 Å². The average molecular weight is 379 g/mol. The Morgan fingerprint density at radius 2 is 1.30 bits per heavy atom. The van der Waals surface area contributed by atoms with Crippen LogP contribution in [0.2, 0.25) is 0 Å². The number of morpholine rings is 1. The highest BCUT2D eigenvalue weighted by Crippen LogP contribution is 2.41. The zero-order valence-electron chi connectivity index (χ0n) is 16.9. The first-order valence-electron chi connectivity index (χ1n) is 11.5. The molecule has 5 rings (SSSR count). The summed E-state index contributed by atoms with van der Waals surface area (Å²) < 4.78 is 6.64. The third-order valence-corrected chi connectivity index (χ3v) is 7.34. The summed E-state index contributed by atoms with van der Waals surface area (Å²) in [4.78, 5) is 8.26. The first-order valence-corrected chi connectivity index (χ1v) is 11.5. The Bertz CT molecular complexity index is 485. The third kappa shape index (κ3) is 3.25. The Hall–Kier alpha value is -0.280. The van der Waals surface area contributed by atoms with Gasteiger partial charge in [0.05, 0.1) is 6.61 Å². The molecule has 2 unspecified atom stereocenters.